The number of anilines is 1. The molecule has 1 saturated heterocycles. The summed E-state index contributed by atoms with van der Waals surface area (Å²) in [5.74, 6) is -7.38. The maximum atomic E-state index is 14.3. The number of hydrogen-bond acceptors (Lipinski definition) is 13. The maximum Gasteiger partial charge on any atom is 0.355 e. The molecule has 296 valence electrons. The average Bonchev–Trinajstić information content (AvgIpc) is 3.94. The predicted molar refractivity (Wildman–Crippen MR) is 197 cm³/mol. The minimum Gasteiger partial charge on any atom is -0.508 e. The van der Waals surface area contributed by atoms with Crippen molar-refractivity contribution in [1.29, 1.82) is 0 Å². The number of nitrogens with zero attached hydrogens (tertiary/aromatic N) is 2. The number of benzene rings is 3. The van der Waals surface area contributed by atoms with Crippen molar-refractivity contribution < 1.29 is 65.0 Å². The van der Waals surface area contributed by atoms with E-state index in [-0.39, 0.29) is 29.2 Å². The summed E-state index contributed by atoms with van der Waals surface area (Å²) < 4.78 is 10.8. The van der Waals surface area contributed by atoms with Gasteiger partial charge in [0.1, 0.15) is 35.9 Å². The first-order valence-corrected chi connectivity index (χ1v) is 18.2. The number of aromatic hydroxyl groups is 3. The highest BCUT2D eigenvalue weighted by Crippen LogP contribution is 2.56. The molecule has 0 unspecified atom stereocenters. The van der Waals surface area contributed by atoms with E-state index in [1.54, 1.807) is 42.6 Å². The van der Waals surface area contributed by atoms with Gasteiger partial charge in [0.05, 0.1) is 18.6 Å². The topological polar surface area (TPSA) is 267 Å². The van der Waals surface area contributed by atoms with Crippen LogP contribution < -0.4 is 9.64 Å². The highest BCUT2D eigenvalue weighted by atomic mass is 16.8. The number of aliphatic hydroxyl groups is 5. The van der Waals surface area contributed by atoms with Gasteiger partial charge in [0.25, 0.3) is 5.91 Å². The largest absolute Gasteiger partial charge is 0.508 e. The molecule has 3 heterocycles. The molecule has 0 radical (unpaired) electrons. The normalized spacial score (nSPS) is 27.1. The smallest absolute Gasteiger partial charge is 0.355 e. The van der Waals surface area contributed by atoms with Crippen molar-refractivity contribution in [1.82, 2.24) is 9.97 Å². The van der Waals surface area contributed by atoms with E-state index in [1.165, 1.54) is 30.6 Å². The Morgan fingerprint density at radius 1 is 0.982 bits per heavy atom. The summed E-state index contributed by atoms with van der Waals surface area (Å²) in [7, 11) is 0. The number of H-pyrrole nitrogens is 1. The fourth-order valence-electron chi connectivity index (χ4n) is 8.45. The lowest BCUT2D eigenvalue weighted by atomic mass is 9.69. The van der Waals surface area contributed by atoms with Crippen LogP contribution in [0.3, 0.4) is 0 Å². The zero-order valence-corrected chi connectivity index (χ0v) is 30.0. The molecular formula is C40H43N3O13. The number of carboxylic acids is 1. The number of phenols is 3. The van der Waals surface area contributed by atoms with Crippen LogP contribution in [0, 0.1) is 0 Å². The number of fused-ring (bicyclic) bond motifs is 1. The third-order valence-corrected chi connectivity index (χ3v) is 11.2. The lowest BCUT2D eigenvalue weighted by Gasteiger charge is -2.44. The van der Waals surface area contributed by atoms with Gasteiger partial charge in [-0.2, -0.15) is 0 Å². The average molecular weight is 774 g/mol. The molecule has 56 heavy (non-hydrogen) atoms. The number of phenolic OH excluding ortho intramolecular Hbond substituents is 3. The molecule has 0 spiro atoms. The highest BCUT2D eigenvalue weighted by molar-refractivity contribution is 6.10. The molecule has 1 aliphatic carbocycles. The van der Waals surface area contributed by atoms with Crippen molar-refractivity contribution in [2.75, 3.05) is 11.5 Å². The van der Waals surface area contributed by atoms with E-state index in [1.807, 2.05) is 0 Å². The minimum absolute atomic E-state index is 0.0176. The summed E-state index contributed by atoms with van der Waals surface area (Å²) in [6.07, 6.45) is 1.27. The summed E-state index contributed by atoms with van der Waals surface area (Å²) in [6, 6.07) is 12.3. The molecule has 2 aliphatic heterocycles. The number of ether oxygens (including phenoxy) is 2. The maximum absolute atomic E-state index is 14.3. The van der Waals surface area contributed by atoms with Gasteiger partial charge in [0.15, 0.2) is 17.6 Å². The number of amides is 1. The Kier molecular flexibility index (Phi) is 10.5. The lowest BCUT2D eigenvalue weighted by molar-refractivity contribution is -0.422. The molecule has 16 heteroatoms. The van der Waals surface area contributed by atoms with Crippen molar-refractivity contribution in [3.63, 3.8) is 0 Å². The molecule has 3 aliphatic rings. The Bertz CT molecular complexity index is 2120. The number of carboxylic acid groups (broad SMARTS) is 1. The van der Waals surface area contributed by atoms with E-state index < -0.39 is 77.7 Å². The summed E-state index contributed by atoms with van der Waals surface area (Å²) >= 11 is 0. The second-order valence-electron chi connectivity index (χ2n) is 14.7. The number of nitrogens with one attached hydrogen (secondary N) is 1. The van der Waals surface area contributed by atoms with Crippen LogP contribution in [0.25, 0.3) is 6.08 Å². The number of aliphatic hydroxyl groups excluding tert-OH is 4. The monoisotopic (exact) mass is 773 g/mol. The molecule has 16 nitrogen and oxygen atoms in total. The number of aliphatic carboxylic acids is 1. The van der Waals surface area contributed by atoms with Crippen molar-refractivity contribution in [2.45, 2.75) is 86.3 Å². The lowest BCUT2D eigenvalue weighted by Crippen LogP contribution is -2.67. The Balaban J connectivity index is 1.30. The standard InChI is InChI=1S/C40H43N3O13/c44-19-32-35(49)36(50)37(51)40(54,56-32)55-31-16-27-24(15-30(31)47)25(17-39(11-3-4-12-39)26-5-1-2-6-29(26)46)34(38(52)53)43(27)33(48)10-8-21-7-9-28(45)22(13-21)14-23-18-41-20-42-23/h1-2,5-10,13,15-16,18,20,25,32,34-37,44-47,49-51,54H,3-4,11-12,14,17,19H2,(H,41,42)(H,52,53)/b10-8+/t25-,32+,34+,35+,36-,37+,40-/m0/s1. The van der Waals surface area contributed by atoms with Gasteiger partial charge < -0.3 is 60.4 Å². The number of aromatic nitrogens is 2. The number of carbonyl (C=O) groups is 2. The van der Waals surface area contributed by atoms with E-state index >= 15 is 0 Å². The van der Waals surface area contributed by atoms with Crippen LogP contribution in [-0.4, -0.2) is 111 Å². The molecule has 4 aromatic rings. The molecule has 3 aromatic carbocycles. The van der Waals surface area contributed by atoms with Crippen LogP contribution in [-0.2, 0) is 26.2 Å². The number of hydrogen-bond donors (Lipinski definition) is 10. The zero-order valence-electron chi connectivity index (χ0n) is 30.0. The zero-order chi connectivity index (χ0) is 39.9. The van der Waals surface area contributed by atoms with E-state index in [0.717, 1.165) is 29.5 Å². The molecule has 2 fully saturated rings. The highest BCUT2D eigenvalue weighted by Gasteiger charge is 2.56. The quantitative estimate of drug-likeness (QED) is 0.0773. The minimum atomic E-state index is -3.12. The number of para-hydroxylation sites is 1. The van der Waals surface area contributed by atoms with Crippen LogP contribution in [0.5, 0.6) is 23.0 Å². The first kappa shape index (κ1) is 38.8. The fourth-order valence-corrected chi connectivity index (χ4v) is 8.45. The molecule has 0 bridgehead atoms. The first-order valence-electron chi connectivity index (χ1n) is 18.2. The molecule has 7 rings (SSSR count). The van der Waals surface area contributed by atoms with Crippen molar-refractivity contribution >= 4 is 23.6 Å². The molecule has 10 N–H and O–H groups in total. The Morgan fingerprint density at radius 2 is 1.73 bits per heavy atom. The molecule has 1 amide bonds. The van der Waals surface area contributed by atoms with Crippen LogP contribution in [0.4, 0.5) is 5.69 Å². The van der Waals surface area contributed by atoms with E-state index in [9.17, 15) is 55.5 Å². The summed E-state index contributed by atoms with van der Waals surface area (Å²) in [5, 5.41) is 95.8. The summed E-state index contributed by atoms with van der Waals surface area (Å²) in [6.45, 7) is -0.895. The summed E-state index contributed by atoms with van der Waals surface area (Å²) in [4.78, 5) is 35.6. The first-order chi connectivity index (χ1) is 26.7. The summed E-state index contributed by atoms with van der Waals surface area (Å²) in [5.41, 5.74) is 1.96. The van der Waals surface area contributed by atoms with Crippen LogP contribution in [0.1, 0.15) is 66.0 Å². The van der Waals surface area contributed by atoms with Crippen molar-refractivity contribution in [3.8, 4) is 23.0 Å². The number of imidazole rings is 1. The fraction of sp³-hybridized carbons (Fsp3) is 0.375. The second-order valence-corrected chi connectivity index (χ2v) is 14.7. The van der Waals surface area contributed by atoms with Gasteiger partial charge in [-0.15, -0.1) is 0 Å². The van der Waals surface area contributed by atoms with Gasteiger partial charge >= 0.3 is 11.9 Å². The van der Waals surface area contributed by atoms with Gasteiger partial charge in [-0.3, -0.25) is 9.69 Å². The molecule has 7 atom stereocenters. The third-order valence-electron chi connectivity index (χ3n) is 11.2. The number of rotatable bonds is 11. The predicted octanol–water partition coefficient (Wildman–Crippen LogP) is 2.11. The Labute approximate surface area is 320 Å². The van der Waals surface area contributed by atoms with Crippen LogP contribution in [0.15, 0.2) is 73.2 Å². The van der Waals surface area contributed by atoms with E-state index in [2.05, 4.69) is 9.97 Å². The Hall–Kier alpha value is -5.49. The second kappa shape index (κ2) is 15.2. The Morgan fingerprint density at radius 3 is 2.41 bits per heavy atom. The SMILES string of the molecule is O=C(O)[C@H]1[C@@H](CC2(c3ccccc3O)CCCC2)c2cc(O)c(O[C@]3(O)O[C@H](CO)[C@@H](O)[C@H](O)[C@H]3O)cc2N1C(=O)/C=C/c1ccc(O)c(Cc2cnc[nH]2)c1. The molecule has 1 aromatic heterocycles. The molecule has 1 saturated carbocycles. The van der Waals surface area contributed by atoms with E-state index in [4.69, 9.17) is 9.47 Å². The number of carbonyl (C=O) groups excluding carboxylic acids is 1. The van der Waals surface area contributed by atoms with E-state index in [0.29, 0.717) is 36.0 Å². The van der Waals surface area contributed by atoms with Gasteiger partial charge in [-0.05, 0) is 66.1 Å². The van der Waals surface area contributed by atoms with Gasteiger partial charge in [0, 0.05) is 47.5 Å². The van der Waals surface area contributed by atoms with Gasteiger partial charge in [0.2, 0.25) is 0 Å². The van der Waals surface area contributed by atoms with Crippen molar-refractivity contribution in [2.24, 2.45) is 0 Å². The molecular weight excluding hydrogens is 730 g/mol. The third kappa shape index (κ3) is 7.06. The number of aromatic amines is 1. The van der Waals surface area contributed by atoms with Crippen LogP contribution in [0.2, 0.25) is 0 Å². The van der Waals surface area contributed by atoms with Crippen molar-refractivity contribution in [3.05, 3.63) is 101 Å². The van der Waals surface area contributed by atoms with Gasteiger partial charge in [-0.25, -0.2) is 9.78 Å². The van der Waals surface area contributed by atoms with Crippen LogP contribution >= 0.6 is 0 Å². The van der Waals surface area contributed by atoms with Gasteiger partial charge in [-0.1, -0.05) is 37.1 Å².